The Hall–Kier alpha value is -1.77. The van der Waals surface area contributed by atoms with Gasteiger partial charge in [-0.3, -0.25) is 9.69 Å². The number of nitrogens with zero attached hydrogens (tertiary/aromatic N) is 5. The van der Waals surface area contributed by atoms with Gasteiger partial charge >= 0.3 is 0 Å². The van der Waals surface area contributed by atoms with Crippen LogP contribution < -0.4 is 5.32 Å². The lowest BCUT2D eigenvalue weighted by atomic mass is 9.89. The molecule has 0 unspecified atom stereocenters. The molecule has 2 atom stereocenters. The molecule has 7 nitrogen and oxygen atoms in total. The summed E-state index contributed by atoms with van der Waals surface area (Å²) in [7, 11) is 3.99. The van der Waals surface area contributed by atoms with Crippen molar-refractivity contribution in [3.8, 4) is 0 Å². The molecular formula is C18H26N6OS. The van der Waals surface area contributed by atoms with E-state index in [1.54, 1.807) is 11.3 Å². The molecule has 0 aliphatic carbocycles. The maximum Gasteiger partial charge on any atom is 0.289 e. The summed E-state index contributed by atoms with van der Waals surface area (Å²) in [6.07, 6.45) is 0.919. The van der Waals surface area contributed by atoms with E-state index in [9.17, 15) is 4.79 Å². The average molecular weight is 375 g/mol. The monoisotopic (exact) mass is 374 g/mol. The molecule has 1 N–H and O–H groups in total. The van der Waals surface area contributed by atoms with Gasteiger partial charge in [0.1, 0.15) is 5.82 Å². The average Bonchev–Trinajstić information content (AvgIpc) is 3.31. The van der Waals surface area contributed by atoms with Crippen LogP contribution in [0.1, 0.15) is 22.0 Å². The van der Waals surface area contributed by atoms with Crippen LogP contribution in [0.2, 0.25) is 0 Å². The Balaban J connectivity index is 1.39. The molecule has 4 rings (SSSR count). The lowest BCUT2D eigenvalue weighted by Crippen LogP contribution is -2.35. The second kappa shape index (κ2) is 7.46. The van der Waals surface area contributed by atoms with Crippen molar-refractivity contribution in [2.75, 3.05) is 40.3 Å². The maximum absolute atomic E-state index is 12.5. The molecule has 0 bridgehead atoms. The SMILES string of the molecule is CN(C)CCNC(=O)c1nnc2n1C[C@H]1CN(Cc3ccsc3)C[C@H]1C2. The second-order valence-electron chi connectivity index (χ2n) is 7.66. The third-order valence-corrected chi connectivity index (χ3v) is 6.11. The van der Waals surface area contributed by atoms with E-state index in [0.29, 0.717) is 24.2 Å². The van der Waals surface area contributed by atoms with Crippen molar-refractivity contribution in [1.82, 2.24) is 29.9 Å². The first-order valence-electron chi connectivity index (χ1n) is 9.18. The summed E-state index contributed by atoms with van der Waals surface area (Å²) in [6, 6.07) is 2.21. The van der Waals surface area contributed by atoms with E-state index < -0.39 is 0 Å². The zero-order valence-electron chi connectivity index (χ0n) is 15.4. The first-order valence-corrected chi connectivity index (χ1v) is 10.1. The number of fused-ring (bicyclic) bond motifs is 2. The van der Waals surface area contributed by atoms with E-state index in [2.05, 4.69) is 37.2 Å². The summed E-state index contributed by atoms with van der Waals surface area (Å²) in [5.41, 5.74) is 1.40. The van der Waals surface area contributed by atoms with Crippen LogP contribution in [-0.4, -0.2) is 70.7 Å². The zero-order chi connectivity index (χ0) is 18.1. The quantitative estimate of drug-likeness (QED) is 0.815. The molecule has 8 heteroatoms. The van der Waals surface area contributed by atoms with Gasteiger partial charge in [0.15, 0.2) is 0 Å². The molecule has 2 aliphatic heterocycles. The number of hydrogen-bond acceptors (Lipinski definition) is 6. The fourth-order valence-corrected chi connectivity index (χ4v) is 4.69. The molecule has 140 valence electrons. The van der Waals surface area contributed by atoms with Crippen molar-refractivity contribution in [2.24, 2.45) is 11.8 Å². The van der Waals surface area contributed by atoms with Crippen LogP contribution in [-0.2, 0) is 19.5 Å². The first-order chi connectivity index (χ1) is 12.6. The van der Waals surface area contributed by atoms with Crippen LogP contribution in [0.4, 0.5) is 0 Å². The summed E-state index contributed by atoms with van der Waals surface area (Å²) in [4.78, 5) is 17.0. The number of likely N-dealkylation sites (N-methyl/N-ethyl adjacent to an activating group) is 1. The fraction of sp³-hybridized carbons (Fsp3) is 0.611. The van der Waals surface area contributed by atoms with Crippen LogP contribution >= 0.6 is 11.3 Å². The Labute approximate surface area is 158 Å². The first kappa shape index (κ1) is 17.6. The van der Waals surface area contributed by atoms with Gasteiger partial charge in [-0.1, -0.05) is 0 Å². The molecule has 2 aromatic heterocycles. The summed E-state index contributed by atoms with van der Waals surface area (Å²) in [6.45, 7) is 5.50. The molecule has 0 aromatic carbocycles. The van der Waals surface area contributed by atoms with Crippen molar-refractivity contribution < 1.29 is 4.79 Å². The Morgan fingerprint density at radius 3 is 2.92 bits per heavy atom. The number of carbonyl (C=O) groups excluding carboxylic acids is 1. The van der Waals surface area contributed by atoms with Crippen molar-refractivity contribution in [1.29, 1.82) is 0 Å². The number of amides is 1. The number of rotatable bonds is 6. The van der Waals surface area contributed by atoms with Gasteiger partial charge in [0.25, 0.3) is 5.91 Å². The number of aromatic nitrogens is 3. The highest BCUT2D eigenvalue weighted by Crippen LogP contribution is 2.33. The highest BCUT2D eigenvalue weighted by Gasteiger charge is 2.39. The number of likely N-dealkylation sites (tertiary alicyclic amines) is 1. The molecule has 0 radical (unpaired) electrons. The molecular weight excluding hydrogens is 348 g/mol. The number of carbonyl (C=O) groups is 1. The minimum atomic E-state index is -0.114. The van der Waals surface area contributed by atoms with Crippen LogP contribution in [0.15, 0.2) is 16.8 Å². The largest absolute Gasteiger partial charge is 0.348 e. The van der Waals surface area contributed by atoms with Gasteiger partial charge in [-0.2, -0.15) is 11.3 Å². The van der Waals surface area contributed by atoms with Gasteiger partial charge in [0, 0.05) is 45.7 Å². The second-order valence-corrected chi connectivity index (χ2v) is 8.44. The van der Waals surface area contributed by atoms with E-state index in [4.69, 9.17) is 0 Å². The van der Waals surface area contributed by atoms with Gasteiger partial charge in [0.2, 0.25) is 5.82 Å². The lowest BCUT2D eigenvalue weighted by Gasteiger charge is -2.25. The number of hydrogen-bond donors (Lipinski definition) is 1. The lowest BCUT2D eigenvalue weighted by molar-refractivity contribution is 0.0932. The zero-order valence-corrected chi connectivity index (χ0v) is 16.2. The van der Waals surface area contributed by atoms with E-state index in [0.717, 1.165) is 45.0 Å². The summed E-state index contributed by atoms with van der Waals surface area (Å²) < 4.78 is 2.04. The minimum Gasteiger partial charge on any atom is -0.348 e. The van der Waals surface area contributed by atoms with Crippen molar-refractivity contribution in [2.45, 2.75) is 19.5 Å². The molecule has 4 heterocycles. The highest BCUT2D eigenvalue weighted by molar-refractivity contribution is 7.07. The fourth-order valence-electron chi connectivity index (χ4n) is 4.03. The Bertz CT molecular complexity index is 756. The van der Waals surface area contributed by atoms with Crippen LogP contribution in [0, 0.1) is 11.8 Å². The Kier molecular flexibility index (Phi) is 5.06. The molecule has 1 fully saturated rings. The highest BCUT2D eigenvalue weighted by atomic mass is 32.1. The van der Waals surface area contributed by atoms with Crippen LogP contribution in [0.3, 0.4) is 0 Å². The predicted octanol–water partition coefficient (Wildman–Crippen LogP) is 0.935. The number of thiophene rings is 1. The molecule has 1 saturated heterocycles. The Morgan fingerprint density at radius 2 is 2.15 bits per heavy atom. The standard InChI is InChI=1S/C18H26N6OS/c1-22(2)5-4-19-18(25)17-21-20-16-7-14-9-23(8-13-3-6-26-12-13)10-15(14)11-24(16)17/h3,6,12,14-15H,4-5,7-11H2,1-2H3,(H,19,25)/t14-,15-/m1/s1. The van der Waals surface area contributed by atoms with E-state index in [1.807, 2.05) is 23.6 Å². The van der Waals surface area contributed by atoms with E-state index >= 15 is 0 Å². The molecule has 0 spiro atoms. The van der Waals surface area contributed by atoms with Gasteiger partial charge in [-0.25, -0.2) is 0 Å². The molecule has 26 heavy (non-hydrogen) atoms. The Morgan fingerprint density at radius 1 is 1.31 bits per heavy atom. The van der Waals surface area contributed by atoms with Crippen LogP contribution in [0.25, 0.3) is 0 Å². The van der Waals surface area contributed by atoms with Gasteiger partial charge in [-0.15, -0.1) is 10.2 Å². The molecule has 1 amide bonds. The third-order valence-electron chi connectivity index (χ3n) is 5.38. The molecule has 0 saturated carbocycles. The summed E-state index contributed by atoms with van der Waals surface area (Å²) in [5.74, 6) is 2.51. The third kappa shape index (κ3) is 3.67. The molecule has 2 aliphatic rings. The van der Waals surface area contributed by atoms with E-state index in [1.165, 1.54) is 5.56 Å². The predicted molar refractivity (Wildman–Crippen MR) is 101 cm³/mol. The minimum absolute atomic E-state index is 0.114. The summed E-state index contributed by atoms with van der Waals surface area (Å²) in [5, 5.41) is 15.8. The van der Waals surface area contributed by atoms with Gasteiger partial charge in [0.05, 0.1) is 0 Å². The van der Waals surface area contributed by atoms with Gasteiger partial charge < -0.3 is 14.8 Å². The van der Waals surface area contributed by atoms with Crippen molar-refractivity contribution >= 4 is 17.2 Å². The summed E-state index contributed by atoms with van der Waals surface area (Å²) >= 11 is 1.76. The number of nitrogens with one attached hydrogen (secondary N) is 1. The molecule has 2 aromatic rings. The van der Waals surface area contributed by atoms with E-state index in [-0.39, 0.29) is 5.91 Å². The van der Waals surface area contributed by atoms with Gasteiger partial charge in [-0.05, 0) is 48.3 Å². The van der Waals surface area contributed by atoms with Crippen molar-refractivity contribution in [3.05, 3.63) is 34.0 Å². The van der Waals surface area contributed by atoms with Crippen LogP contribution in [0.5, 0.6) is 0 Å². The smallest absolute Gasteiger partial charge is 0.289 e. The van der Waals surface area contributed by atoms with Crippen molar-refractivity contribution in [3.63, 3.8) is 0 Å². The maximum atomic E-state index is 12.5. The normalized spacial score (nSPS) is 22.4. The topological polar surface area (TPSA) is 66.3 Å².